The lowest BCUT2D eigenvalue weighted by Crippen LogP contribution is -2.43. The Balaban J connectivity index is 0. The molecular formula is C29H66O6Si2. The van der Waals surface area contributed by atoms with Gasteiger partial charge in [-0.3, -0.25) is 0 Å². The van der Waals surface area contributed by atoms with Crippen LogP contribution in [0.2, 0.25) is 12.6 Å². The fourth-order valence-electron chi connectivity index (χ4n) is 4.08. The van der Waals surface area contributed by atoms with E-state index in [-0.39, 0.29) is 0 Å². The summed E-state index contributed by atoms with van der Waals surface area (Å²) in [7, 11) is 0.460. The number of hydrogen-bond acceptors (Lipinski definition) is 6. The van der Waals surface area contributed by atoms with E-state index in [1.54, 1.807) is 21.3 Å². The van der Waals surface area contributed by atoms with Gasteiger partial charge in [0, 0.05) is 53.7 Å². The summed E-state index contributed by atoms with van der Waals surface area (Å²) in [6.45, 7) is 12.7. The molecular weight excluding hydrogens is 500 g/mol. The van der Waals surface area contributed by atoms with E-state index < -0.39 is 17.6 Å². The molecule has 37 heavy (non-hydrogen) atoms. The third-order valence-corrected chi connectivity index (χ3v) is 11.5. The first-order valence-electron chi connectivity index (χ1n) is 15.5. The third kappa shape index (κ3) is 24.9. The van der Waals surface area contributed by atoms with Crippen molar-refractivity contribution >= 4 is 17.6 Å². The summed E-state index contributed by atoms with van der Waals surface area (Å²) in [6, 6.07) is 0.939. The third-order valence-electron chi connectivity index (χ3n) is 6.47. The van der Waals surface area contributed by atoms with Gasteiger partial charge in [0.2, 0.25) is 0 Å². The molecule has 0 aromatic rings. The Morgan fingerprint density at radius 2 is 0.703 bits per heavy atom. The van der Waals surface area contributed by atoms with Crippen LogP contribution >= 0.6 is 0 Å². The molecule has 0 aromatic carbocycles. The quantitative estimate of drug-likeness (QED) is 0.0729. The van der Waals surface area contributed by atoms with Crippen molar-refractivity contribution in [3.05, 3.63) is 0 Å². The first-order valence-corrected chi connectivity index (χ1v) is 19.7. The molecule has 0 aliphatic rings. The van der Waals surface area contributed by atoms with Gasteiger partial charge in [0.15, 0.2) is 0 Å². The number of hydrogen-bond donors (Lipinski definition) is 0. The van der Waals surface area contributed by atoms with E-state index >= 15 is 0 Å². The van der Waals surface area contributed by atoms with Crippen molar-refractivity contribution in [3.8, 4) is 0 Å². The van der Waals surface area contributed by atoms with Crippen molar-refractivity contribution in [1.29, 1.82) is 0 Å². The summed E-state index contributed by atoms with van der Waals surface area (Å²) in [5.41, 5.74) is 0. The van der Waals surface area contributed by atoms with E-state index in [9.17, 15) is 0 Å². The molecule has 0 bridgehead atoms. The Bertz CT molecular complexity index is 409. The predicted octanol–water partition coefficient (Wildman–Crippen LogP) is 9.18. The van der Waals surface area contributed by atoms with Crippen LogP contribution in [0.15, 0.2) is 0 Å². The smallest absolute Gasteiger partial charge is 0.377 e. The van der Waals surface area contributed by atoms with Gasteiger partial charge >= 0.3 is 17.6 Å². The van der Waals surface area contributed by atoms with E-state index in [1.165, 1.54) is 83.5 Å². The van der Waals surface area contributed by atoms with E-state index in [2.05, 4.69) is 27.7 Å². The Kier molecular flexibility index (Phi) is 31.0. The topological polar surface area (TPSA) is 55.4 Å². The van der Waals surface area contributed by atoms with Crippen molar-refractivity contribution in [2.75, 3.05) is 41.2 Å². The van der Waals surface area contributed by atoms with Gasteiger partial charge in [0.25, 0.3) is 0 Å². The second kappa shape index (κ2) is 29.2. The molecule has 6 nitrogen and oxygen atoms in total. The van der Waals surface area contributed by atoms with Crippen LogP contribution < -0.4 is 0 Å². The summed E-state index contributed by atoms with van der Waals surface area (Å²) < 4.78 is 33.4. The van der Waals surface area contributed by atoms with Gasteiger partial charge in [-0.15, -0.1) is 0 Å². The molecule has 0 aromatic heterocycles. The number of rotatable bonds is 27. The molecule has 0 radical (unpaired) electrons. The largest absolute Gasteiger partial charge is 0.500 e. The van der Waals surface area contributed by atoms with Crippen LogP contribution in [0.4, 0.5) is 0 Å². The highest BCUT2D eigenvalue weighted by atomic mass is 28.4. The van der Waals surface area contributed by atoms with Gasteiger partial charge in [0.1, 0.15) is 0 Å². The molecule has 0 N–H and O–H groups in total. The van der Waals surface area contributed by atoms with Crippen LogP contribution in [-0.4, -0.2) is 58.8 Å². The summed E-state index contributed by atoms with van der Waals surface area (Å²) in [5, 5.41) is 0. The molecule has 0 aliphatic carbocycles. The molecule has 0 saturated heterocycles. The van der Waals surface area contributed by atoms with Gasteiger partial charge < -0.3 is 26.6 Å². The minimum atomic E-state index is -2.32. The summed E-state index contributed by atoms with van der Waals surface area (Å²) in [4.78, 5) is 0. The second-order valence-electron chi connectivity index (χ2n) is 10.0. The molecule has 0 amide bonds. The van der Waals surface area contributed by atoms with Gasteiger partial charge in [-0.05, 0) is 25.7 Å². The molecule has 0 rings (SSSR count). The fraction of sp³-hybridized carbons (Fsp3) is 1.00. The maximum atomic E-state index is 5.68. The zero-order chi connectivity index (χ0) is 28.1. The molecule has 0 fully saturated rings. The average Bonchev–Trinajstić information content (AvgIpc) is 2.93. The Morgan fingerprint density at radius 1 is 0.405 bits per heavy atom. The van der Waals surface area contributed by atoms with Crippen LogP contribution in [0.3, 0.4) is 0 Å². The Hall–Kier alpha value is 0.194. The minimum absolute atomic E-state index is 0.732. The summed E-state index contributed by atoms with van der Waals surface area (Å²) in [6.07, 6.45) is 22.4. The summed E-state index contributed by atoms with van der Waals surface area (Å²) in [5.74, 6) is 0. The molecule has 0 heterocycles. The fourth-order valence-corrected chi connectivity index (χ4v) is 7.85. The van der Waals surface area contributed by atoms with Gasteiger partial charge in [-0.1, -0.05) is 111 Å². The van der Waals surface area contributed by atoms with Crippen LogP contribution in [0.1, 0.15) is 137 Å². The highest BCUT2D eigenvalue weighted by Crippen LogP contribution is 2.19. The average molecular weight is 567 g/mol. The molecule has 0 spiro atoms. The van der Waals surface area contributed by atoms with Crippen molar-refractivity contribution in [2.24, 2.45) is 0 Å². The van der Waals surface area contributed by atoms with Crippen molar-refractivity contribution in [1.82, 2.24) is 0 Å². The Morgan fingerprint density at radius 3 is 0.973 bits per heavy atom. The van der Waals surface area contributed by atoms with E-state index in [0.717, 1.165) is 51.5 Å². The second-order valence-corrected chi connectivity index (χ2v) is 15.7. The first-order chi connectivity index (χ1) is 17.9. The van der Waals surface area contributed by atoms with Crippen molar-refractivity contribution < 1.29 is 26.6 Å². The van der Waals surface area contributed by atoms with E-state index in [0.29, 0.717) is 0 Å². The molecule has 0 atom stereocenters. The molecule has 8 heteroatoms. The molecule has 226 valence electrons. The maximum Gasteiger partial charge on any atom is 0.500 e. The predicted molar refractivity (Wildman–Crippen MR) is 162 cm³/mol. The molecule has 0 unspecified atom stereocenters. The van der Waals surface area contributed by atoms with Crippen molar-refractivity contribution in [3.63, 3.8) is 0 Å². The van der Waals surface area contributed by atoms with Crippen LogP contribution in [0.5, 0.6) is 0 Å². The maximum absolute atomic E-state index is 5.68. The highest BCUT2D eigenvalue weighted by molar-refractivity contribution is 6.60. The Labute approximate surface area is 234 Å². The molecule has 0 saturated carbocycles. The SMILES string of the molecule is CCCCCCCCCCCCCCCC[Si](OC)(OC)OC.CCCO[Si](C)(OCCC)OCCC. The van der Waals surface area contributed by atoms with Crippen molar-refractivity contribution in [2.45, 2.75) is 149 Å². The lowest BCUT2D eigenvalue weighted by molar-refractivity contribution is 0.0658. The van der Waals surface area contributed by atoms with Gasteiger partial charge in [0.05, 0.1) is 0 Å². The van der Waals surface area contributed by atoms with Crippen LogP contribution in [-0.2, 0) is 26.6 Å². The summed E-state index contributed by atoms with van der Waals surface area (Å²) >= 11 is 0. The highest BCUT2D eigenvalue weighted by Gasteiger charge is 2.36. The standard InChI is InChI=1S/C19H42O3Si.C10H24O3Si/c1-5-6-7-8-9-10-11-12-13-14-15-16-17-18-19-23(20-2,21-3)22-4;1-5-8-11-14(4,12-9-6-2)13-10-7-3/h5-19H2,1-4H3;5-10H2,1-4H3. The molecule has 0 aliphatic heterocycles. The first kappa shape index (κ1) is 39.3. The van der Waals surface area contributed by atoms with Gasteiger partial charge in [-0.25, -0.2) is 0 Å². The lowest BCUT2D eigenvalue weighted by atomic mass is 10.0. The van der Waals surface area contributed by atoms with E-state index in [4.69, 9.17) is 26.6 Å². The normalized spacial score (nSPS) is 12.0. The van der Waals surface area contributed by atoms with Crippen LogP contribution in [0, 0.1) is 0 Å². The zero-order valence-corrected chi connectivity index (χ0v) is 28.3. The lowest BCUT2D eigenvalue weighted by Gasteiger charge is -2.25. The van der Waals surface area contributed by atoms with Crippen LogP contribution in [0.25, 0.3) is 0 Å². The van der Waals surface area contributed by atoms with E-state index in [1.807, 2.05) is 6.55 Å². The monoisotopic (exact) mass is 566 g/mol. The zero-order valence-electron chi connectivity index (χ0n) is 26.3. The van der Waals surface area contributed by atoms with Gasteiger partial charge in [-0.2, -0.15) is 0 Å². The number of unbranched alkanes of at least 4 members (excludes halogenated alkanes) is 13. The minimum Gasteiger partial charge on any atom is -0.377 e.